The zero-order chi connectivity index (χ0) is 10.6. The second-order valence-corrected chi connectivity index (χ2v) is 2.56. The second kappa shape index (κ2) is 4.68. The lowest BCUT2D eigenvalue weighted by Gasteiger charge is -2.11. The summed E-state index contributed by atoms with van der Waals surface area (Å²) in [4.78, 5) is 37.3. The van der Waals surface area contributed by atoms with Crippen LogP contribution in [0.4, 0.5) is 0 Å². The summed E-state index contributed by atoms with van der Waals surface area (Å²) in [5, 5.41) is 0.461. The fraction of sp³-hybridized carbons (Fsp3) is 0.571. The van der Waals surface area contributed by atoms with E-state index in [1.165, 1.54) is 0 Å². The summed E-state index contributed by atoms with van der Waals surface area (Å²) in [6.45, 7) is -0.509. The first-order chi connectivity index (χ1) is 6.65. The molecule has 7 heteroatoms. The molecule has 1 fully saturated rings. The van der Waals surface area contributed by atoms with E-state index >= 15 is 0 Å². The summed E-state index contributed by atoms with van der Waals surface area (Å²) >= 11 is 0. The molecule has 1 heterocycles. The molecule has 1 aliphatic rings. The maximum atomic E-state index is 11.0. The van der Waals surface area contributed by atoms with Gasteiger partial charge in [-0.3, -0.25) is 9.59 Å². The number of ether oxygens (including phenoxy) is 1. The van der Waals surface area contributed by atoms with Gasteiger partial charge < -0.3 is 15.3 Å². The van der Waals surface area contributed by atoms with Crippen molar-refractivity contribution in [2.24, 2.45) is 5.73 Å². The highest BCUT2D eigenvalue weighted by molar-refractivity contribution is 6.01. The normalized spacial score (nSPS) is 16.2. The zero-order valence-electron chi connectivity index (χ0n) is 7.39. The molecule has 0 unspecified atom stereocenters. The van der Waals surface area contributed by atoms with Gasteiger partial charge in [0.15, 0.2) is 0 Å². The molecule has 78 valence electrons. The Balaban J connectivity index is 2.39. The Morgan fingerprint density at radius 2 is 1.93 bits per heavy atom. The third-order valence-corrected chi connectivity index (χ3v) is 1.54. The molecule has 14 heavy (non-hydrogen) atoms. The fourth-order valence-electron chi connectivity index (χ4n) is 0.928. The van der Waals surface area contributed by atoms with Crippen molar-refractivity contribution in [3.63, 3.8) is 0 Å². The van der Waals surface area contributed by atoms with Crippen LogP contribution >= 0.6 is 0 Å². The lowest BCUT2D eigenvalue weighted by atomic mass is 10.4. The van der Waals surface area contributed by atoms with E-state index in [2.05, 4.69) is 9.57 Å². The average Bonchev–Trinajstić information content (AvgIpc) is 2.46. The van der Waals surface area contributed by atoms with Crippen molar-refractivity contribution >= 4 is 17.8 Å². The van der Waals surface area contributed by atoms with Crippen molar-refractivity contribution in [3.05, 3.63) is 0 Å². The Morgan fingerprint density at radius 3 is 2.43 bits per heavy atom. The first-order valence-electron chi connectivity index (χ1n) is 3.99. The lowest BCUT2D eigenvalue weighted by molar-refractivity contribution is -0.200. The first-order valence-corrected chi connectivity index (χ1v) is 3.99. The number of amides is 2. The minimum Gasteiger partial charge on any atom is -0.355 e. The van der Waals surface area contributed by atoms with Gasteiger partial charge in [0.2, 0.25) is 0 Å². The smallest absolute Gasteiger partial charge is 0.355 e. The van der Waals surface area contributed by atoms with E-state index in [9.17, 15) is 14.4 Å². The molecule has 2 N–H and O–H groups in total. The molecular formula is C7H10N2O5. The molecule has 0 spiro atoms. The molecule has 0 saturated carbocycles. The van der Waals surface area contributed by atoms with Crippen LogP contribution in [0.3, 0.4) is 0 Å². The topological polar surface area (TPSA) is 98.9 Å². The summed E-state index contributed by atoms with van der Waals surface area (Å²) in [5.74, 6) is -1.86. The number of hydrogen-bond donors (Lipinski definition) is 1. The quantitative estimate of drug-likeness (QED) is 0.441. The van der Waals surface area contributed by atoms with Crippen LogP contribution < -0.4 is 5.73 Å². The Morgan fingerprint density at radius 1 is 1.36 bits per heavy atom. The number of hydrogen-bond acceptors (Lipinski definition) is 6. The van der Waals surface area contributed by atoms with Crippen LogP contribution in [0.1, 0.15) is 12.8 Å². The molecule has 7 nitrogen and oxygen atoms in total. The lowest BCUT2D eigenvalue weighted by Crippen LogP contribution is -2.33. The predicted molar refractivity (Wildman–Crippen MR) is 42.2 cm³/mol. The molecule has 0 aromatic rings. The van der Waals surface area contributed by atoms with E-state index in [0.717, 1.165) is 0 Å². The highest BCUT2D eigenvalue weighted by Crippen LogP contribution is 2.11. The summed E-state index contributed by atoms with van der Waals surface area (Å²) in [5.41, 5.74) is 4.96. The van der Waals surface area contributed by atoms with Crippen molar-refractivity contribution in [1.29, 1.82) is 0 Å². The zero-order valence-corrected chi connectivity index (χ0v) is 7.39. The van der Waals surface area contributed by atoms with Crippen LogP contribution in [-0.2, 0) is 24.0 Å². The van der Waals surface area contributed by atoms with Gasteiger partial charge in [0, 0.05) is 12.8 Å². The maximum Gasteiger partial charge on any atom is 0.358 e. The molecule has 1 aliphatic heterocycles. The van der Waals surface area contributed by atoms with E-state index < -0.39 is 17.8 Å². The van der Waals surface area contributed by atoms with Crippen molar-refractivity contribution in [3.8, 4) is 0 Å². The highest BCUT2D eigenvalue weighted by atomic mass is 16.7. The number of carbonyl (C=O) groups is 3. The van der Waals surface area contributed by atoms with Gasteiger partial charge in [-0.2, -0.15) is 0 Å². The van der Waals surface area contributed by atoms with Crippen LogP contribution in [-0.4, -0.2) is 36.2 Å². The molecule has 0 aliphatic carbocycles. The van der Waals surface area contributed by atoms with Crippen LogP contribution in [0.15, 0.2) is 0 Å². The largest absolute Gasteiger partial charge is 0.358 e. The second-order valence-electron chi connectivity index (χ2n) is 2.56. The third kappa shape index (κ3) is 2.51. The van der Waals surface area contributed by atoms with Gasteiger partial charge >= 0.3 is 5.97 Å². The van der Waals surface area contributed by atoms with Crippen molar-refractivity contribution in [2.75, 3.05) is 13.3 Å². The van der Waals surface area contributed by atoms with E-state index in [1.807, 2.05) is 0 Å². The summed E-state index contributed by atoms with van der Waals surface area (Å²) in [6, 6.07) is 0. The SMILES string of the molecule is NCOCC(=O)ON1C(=O)CCC1=O. The standard InChI is InChI=1S/C7H10N2O5/c8-4-13-3-7(12)14-9-5(10)1-2-6(9)11/h1-4,8H2. The average molecular weight is 202 g/mol. The van der Waals surface area contributed by atoms with Crippen LogP contribution in [0, 0.1) is 0 Å². The monoisotopic (exact) mass is 202 g/mol. The van der Waals surface area contributed by atoms with Gasteiger partial charge in [-0.05, 0) is 0 Å². The highest BCUT2D eigenvalue weighted by Gasteiger charge is 2.32. The van der Waals surface area contributed by atoms with E-state index in [4.69, 9.17) is 5.73 Å². The van der Waals surface area contributed by atoms with Gasteiger partial charge in [-0.1, -0.05) is 0 Å². The molecule has 1 saturated heterocycles. The Kier molecular flexibility index (Phi) is 3.55. The Labute approximate surface area is 79.7 Å². The molecule has 0 bridgehead atoms. The molecule has 0 aromatic heterocycles. The minimum absolute atomic E-state index is 0.0733. The predicted octanol–water partition coefficient (Wildman–Crippen LogP) is -1.47. The van der Waals surface area contributed by atoms with Crippen molar-refractivity contribution < 1.29 is 24.0 Å². The van der Waals surface area contributed by atoms with Crippen molar-refractivity contribution in [1.82, 2.24) is 5.06 Å². The van der Waals surface area contributed by atoms with Gasteiger partial charge in [-0.15, -0.1) is 5.06 Å². The molecule has 0 aromatic carbocycles. The number of carbonyl (C=O) groups excluding carboxylic acids is 3. The van der Waals surface area contributed by atoms with Crippen LogP contribution in [0.2, 0.25) is 0 Å². The number of rotatable bonds is 4. The molecule has 2 amide bonds. The molecule has 0 atom stereocenters. The minimum atomic E-state index is -0.820. The van der Waals surface area contributed by atoms with E-state index in [1.54, 1.807) is 0 Å². The number of imide groups is 1. The summed E-state index contributed by atoms with van der Waals surface area (Å²) < 4.78 is 4.53. The van der Waals surface area contributed by atoms with Crippen LogP contribution in [0.25, 0.3) is 0 Å². The van der Waals surface area contributed by atoms with Gasteiger partial charge in [-0.25, -0.2) is 4.79 Å². The van der Waals surface area contributed by atoms with Gasteiger partial charge in [0.1, 0.15) is 6.61 Å². The molecule has 0 radical (unpaired) electrons. The Hall–Kier alpha value is -1.47. The molecular weight excluding hydrogens is 192 g/mol. The van der Waals surface area contributed by atoms with Gasteiger partial charge in [0.05, 0.1) is 6.73 Å². The van der Waals surface area contributed by atoms with Gasteiger partial charge in [0.25, 0.3) is 11.8 Å². The maximum absolute atomic E-state index is 11.0. The third-order valence-electron chi connectivity index (χ3n) is 1.54. The summed E-state index contributed by atoms with van der Waals surface area (Å²) in [6.07, 6.45) is 0.147. The number of hydroxylamine groups is 2. The first kappa shape index (κ1) is 10.6. The Bertz CT molecular complexity index is 249. The number of nitrogens with zero attached hydrogens (tertiary/aromatic N) is 1. The fourth-order valence-corrected chi connectivity index (χ4v) is 0.928. The summed E-state index contributed by atoms with van der Waals surface area (Å²) in [7, 11) is 0. The van der Waals surface area contributed by atoms with Crippen molar-refractivity contribution in [2.45, 2.75) is 12.8 Å². The van der Waals surface area contributed by atoms with E-state index in [0.29, 0.717) is 5.06 Å². The number of nitrogens with two attached hydrogens (primary N) is 1. The van der Waals surface area contributed by atoms with E-state index in [-0.39, 0.29) is 26.2 Å². The van der Waals surface area contributed by atoms with Crippen LogP contribution in [0.5, 0.6) is 0 Å². The molecule has 1 rings (SSSR count).